The first-order valence-corrected chi connectivity index (χ1v) is 8.98. The molecule has 1 aromatic heterocycles. The summed E-state index contributed by atoms with van der Waals surface area (Å²) in [7, 11) is 0. The van der Waals surface area contributed by atoms with Gasteiger partial charge in [-0.05, 0) is 60.5 Å². The van der Waals surface area contributed by atoms with Gasteiger partial charge < -0.3 is 11.1 Å². The van der Waals surface area contributed by atoms with Gasteiger partial charge in [0.2, 0.25) is 0 Å². The zero-order valence-corrected chi connectivity index (χ0v) is 16.0. The topological polar surface area (TPSA) is 123 Å². The number of pyridine rings is 1. The second-order valence-corrected chi connectivity index (χ2v) is 6.63. The number of aromatic nitrogens is 1. The zero-order chi connectivity index (χ0) is 20.8. The summed E-state index contributed by atoms with van der Waals surface area (Å²) in [6.07, 6.45) is 5.15. The molecule has 0 aliphatic carbocycles. The molecule has 3 rings (SSSR count). The van der Waals surface area contributed by atoms with Gasteiger partial charge in [-0.25, -0.2) is 4.99 Å². The normalized spacial score (nSPS) is 11.5. The van der Waals surface area contributed by atoms with Crippen LogP contribution in [0.15, 0.2) is 71.9 Å². The van der Waals surface area contributed by atoms with Crippen LogP contribution in [-0.4, -0.2) is 22.4 Å². The summed E-state index contributed by atoms with van der Waals surface area (Å²) in [5.74, 6) is 0.337. The average Bonchev–Trinajstić information content (AvgIpc) is 2.71. The average molecular weight is 380 g/mol. The van der Waals surface area contributed by atoms with E-state index in [1.165, 1.54) is 12.2 Å². The second-order valence-electron chi connectivity index (χ2n) is 6.63. The van der Waals surface area contributed by atoms with Crippen LogP contribution in [-0.2, 0) is 6.42 Å². The van der Waals surface area contributed by atoms with Gasteiger partial charge in [-0.1, -0.05) is 18.2 Å². The van der Waals surface area contributed by atoms with Crippen LogP contribution in [0.25, 0.3) is 22.0 Å². The van der Waals surface area contributed by atoms with Crippen LogP contribution in [0.5, 0.6) is 0 Å². The number of aliphatic imine (C=N–C) groups is 1. The Balaban J connectivity index is 1.86. The molecule has 0 unspecified atom stereocenters. The highest BCUT2D eigenvalue weighted by Crippen LogP contribution is 2.24. The van der Waals surface area contributed by atoms with Crippen molar-refractivity contribution in [3.8, 4) is 17.2 Å². The largest absolute Gasteiger partial charge is 0.387 e. The Hall–Kier alpha value is -4.11. The molecule has 0 spiro atoms. The first-order chi connectivity index (χ1) is 13.9. The summed E-state index contributed by atoms with van der Waals surface area (Å²) >= 11 is 0. The molecule has 4 N–H and O–H groups in total. The predicted octanol–water partition coefficient (Wildman–Crippen LogP) is 4.25. The van der Waals surface area contributed by atoms with Crippen molar-refractivity contribution in [1.82, 2.24) is 4.98 Å². The molecule has 0 radical (unpaired) electrons. The van der Waals surface area contributed by atoms with E-state index in [4.69, 9.17) is 21.8 Å². The molecule has 0 aliphatic rings. The van der Waals surface area contributed by atoms with Gasteiger partial charge in [-0.15, -0.1) is 0 Å². The van der Waals surface area contributed by atoms with Crippen LogP contribution >= 0.6 is 0 Å². The molecule has 0 atom stereocenters. The molecular formula is C23H20N6. The summed E-state index contributed by atoms with van der Waals surface area (Å²) < 4.78 is 0. The van der Waals surface area contributed by atoms with Crippen LogP contribution in [0.2, 0.25) is 0 Å². The van der Waals surface area contributed by atoms with Crippen molar-refractivity contribution in [2.45, 2.75) is 13.3 Å². The molecule has 0 aliphatic heterocycles. The molecule has 0 fully saturated rings. The standard InChI is InChI=1S/C23H20N6/c1-15(25)5-8-22(26)29-23(27)11-16-6-7-21-19(9-16)12-20(14-28-21)18-4-2-3-17(10-18)13-24/h2-10,12,14,25H,11H2,1H3,(H3,26,27,29)/b8-5-,25-15?. The van der Waals surface area contributed by atoms with Gasteiger partial charge in [-0.3, -0.25) is 10.4 Å². The van der Waals surface area contributed by atoms with E-state index in [0.29, 0.717) is 23.5 Å². The van der Waals surface area contributed by atoms with Crippen molar-refractivity contribution in [3.05, 3.63) is 78.0 Å². The van der Waals surface area contributed by atoms with Crippen LogP contribution in [0.3, 0.4) is 0 Å². The van der Waals surface area contributed by atoms with Crippen molar-refractivity contribution < 1.29 is 0 Å². The number of fused-ring (bicyclic) bond motifs is 1. The lowest BCUT2D eigenvalue weighted by Crippen LogP contribution is -2.16. The lowest BCUT2D eigenvalue weighted by Gasteiger charge is -2.07. The van der Waals surface area contributed by atoms with E-state index in [1.807, 2.05) is 42.5 Å². The number of hydrogen-bond donors (Lipinski definition) is 3. The van der Waals surface area contributed by atoms with E-state index >= 15 is 0 Å². The highest BCUT2D eigenvalue weighted by atomic mass is 14.9. The second kappa shape index (κ2) is 8.72. The summed E-state index contributed by atoms with van der Waals surface area (Å²) in [6.45, 7) is 1.63. The number of benzene rings is 2. The summed E-state index contributed by atoms with van der Waals surface area (Å²) in [6, 6.07) is 17.5. The van der Waals surface area contributed by atoms with E-state index < -0.39 is 0 Å². The fourth-order valence-electron chi connectivity index (χ4n) is 2.86. The number of hydrogen-bond acceptors (Lipinski definition) is 4. The van der Waals surface area contributed by atoms with E-state index in [-0.39, 0.29) is 5.84 Å². The number of rotatable bonds is 5. The molecule has 142 valence electrons. The van der Waals surface area contributed by atoms with Gasteiger partial charge in [0.15, 0.2) is 0 Å². The van der Waals surface area contributed by atoms with Crippen LogP contribution in [0.1, 0.15) is 18.1 Å². The molecule has 0 saturated carbocycles. The Morgan fingerprint density at radius 2 is 1.97 bits per heavy atom. The number of nitriles is 1. The highest BCUT2D eigenvalue weighted by molar-refractivity contribution is 6.04. The maximum absolute atomic E-state index is 9.11. The Morgan fingerprint density at radius 1 is 1.14 bits per heavy atom. The molecule has 2 aromatic carbocycles. The van der Waals surface area contributed by atoms with Gasteiger partial charge >= 0.3 is 0 Å². The summed E-state index contributed by atoms with van der Waals surface area (Å²) in [4.78, 5) is 8.57. The third-order valence-corrected chi connectivity index (χ3v) is 4.21. The van der Waals surface area contributed by atoms with Crippen molar-refractivity contribution in [1.29, 1.82) is 16.1 Å². The molecule has 3 aromatic rings. The minimum atomic E-state index is 0.0104. The SMILES string of the molecule is CC(=N)/C=C\C(=N)N=C(N)Cc1ccc2ncc(-c3cccc(C#N)c3)cc2c1. The molecule has 1 heterocycles. The lowest BCUT2D eigenvalue weighted by molar-refractivity contribution is 1.28. The molecule has 6 heteroatoms. The molecule has 0 saturated heterocycles. The fourth-order valence-corrected chi connectivity index (χ4v) is 2.86. The fraction of sp³-hybridized carbons (Fsp3) is 0.0870. The Labute approximate surface area is 169 Å². The maximum Gasteiger partial charge on any atom is 0.146 e. The number of nitrogens with one attached hydrogen (secondary N) is 2. The minimum Gasteiger partial charge on any atom is -0.387 e. The van der Waals surface area contributed by atoms with Gasteiger partial charge in [-0.2, -0.15) is 5.26 Å². The van der Waals surface area contributed by atoms with E-state index in [0.717, 1.165) is 27.6 Å². The summed E-state index contributed by atoms with van der Waals surface area (Å²) in [5, 5.41) is 25.2. The number of amidine groups is 2. The van der Waals surface area contributed by atoms with Gasteiger partial charge in [0.25, 0.3) is 0 Å². The third-order valence-electron chi connectivity index (χ3n) is 4.21. The number of nitrogens with zero attached hydrogens (tertiary/aromatic N) is 3. The van der Waals surface area contributed by atoms with Crippen LogP contribution < -0.4 is 5.73 Å². The third kappa shape index (κ3) is 5.21. The minimum absolute atomic E-state index is 0.0104. The van der Waals surface area contributed by atoms with Gasteiger partial charge in [0.1, 0.15) is 11.7 Å². The van der Waals surface area contributed by atoms with Crippen molar-refractivity contribution in [3.63, 3.8) is 0 Å². The van der Waals surface area contributed by atoms with E-state index in [1.54, 1.807) is 19.2 Å². The smallest absolute Gasteiger partial charge is 0.146 e. The zero-order valence-electron chi connectivity index (χ0n) is 16.0. The van der Waals surface area contributed by atoms with Crippen molar-refractivity contribution in [2.75, 3.05) is 0 Å². The van der Waals surface area contributed by atoms with Gasteiger partial charge in [0.05, 0.1) is 17.1 Å². The quantitative estimate of drug-likeness (QED) is 0.453. The Morgan fingerprint density at radius 3 is 2.72 bits per heavy atom. The predicted molar refractivity (Wildman–Crippen MR) is 117 cm³/mol. The number of allylic oxidation sites excluding steroid dienone is 1. The van der Waals surface area contributed by atoms with E-state index in [2.05, 4.69) is 16.0 Å². The van der Waals surface area contributed by atoms with Gasteiger partial charge in [0, 0.05) is 29.3 Å². The maximum atomic E-state index is 9.11. The summed E-state index contributed by atoms with van der Waals surface area (Å²) in [5.41, 5.74) is 10.6. The molecule has 6 nitrogen and oxygen atoms in total. The Kier molecular flexibility index (Phi) is 5.91. The monoisotopic (exact) mass is 380 g/mol. The first kappa shape index (κ1) is 19.6. The van der Waals surface area contributed by atoms with Crippen molar-refractivity contribution >= 4 is 28.3 Å². The van der Waals surface area contributed by atoms with Crippen LogP contribution in [0.4, 0.5) is 0 Å². The first-order valence-electron chi connectivity index (χ1n) is 8.98. The molecule has 0 bridgehead atoms. The Bertz CT molecular complexity index is 1200. The molecule has 0 amide bonds. The molecule has 29 heavy (non-hydrogen) atoms. The molecular weight excluding hydrogens is 360 g/mol. The van der Waals surface area contributed by atoms with Crippen molar-refractivity contribution in [2.24, 2.45) is 10.7 Å². The van der Waals surface area contributed by atoms with E-state index in [9.17, 15) is 0 Å². The lowest BCUT2D eigenvalue weighted by atomic mass is 10.0. The van der Waals surface area contributed by atoms with Crippen LogP contribution in [0, 0.1) is 22.1 Å². The highest BCUT2D eigenvalue weighted by Gasteiger charge is 2.05. The number of nitrogens with two attached hydrogens (primary N) is 1.